The Hall–Kier alpha value is -3.19. The standard InChI is InChI=1S/C22H24N4O3/c1-14-9-18-17(15(2)11-24-18)10-16(14)12-26(3)20(28)5-7-22-6-4-8-23-21(22)25-19(27)13-29-22/h4-5,7-11,24H,6,12-13H2,1-3H3,(H,23,25,27)/b7-5+. The highest BCUT2D eigenvalue weighted by molar-refractivity contribution is 6.07. The molecular formula is C22H24N4O3. The van der Waals surface area contributed by atoms with Crippen LogP contribution in [0.1, 0.15) is 23.1 Å². The van der Waals surface area contributed by atoms with E-state index in [1.807, 2.05) is 19.2 Å². The maximum Gasteiger partial charge on any atom is 0.251 e. The number of aromatic amines is 1. The third-order valence-corrected chi connectivity index (χ3v) is 5.47. The van der Waals surface area contributed by atoms with Gasteiger partial charge in [0.1, 0.15) is 18.0 Å². The van der Waals surface area contributed by atoms with E-state index in [4.69, 9.17) is 4.74 Å². The summed E-state index contributed by atoms with van der Waals surface area (Å²) in [5, 5.41) is 3.90. The summed E-state index contributed by atoms with van der Waals surface area (Å²) in [6.07, 6.45) is 9.19. The van der Waals surface area contributed by atoms with Crippen LogP contribution in [0.3, 0.4) is 0 Å². The number of carbonyl (C=O) groups is 2. The minimum absolute atomic E-state index is 0.0591. The topological polar surface area (TPSA) is 86.8 Å². The first-order chi connectivity index (χ1) is 13.9. The number of benzene rings is 1. The fourth-order valence-corrected chi connectivity index (χ4v) is 3.68. The van der Waals surface area contributed by atoms with E-state index in [1.165, 1.54) is 17.0 Å². The summed E-state index contributed by atoms with van der Waals surface area (Å²) in [4.78, 5) is 33.5. The molecule has 1 unspecified atom stereocenters. The predicted octanol–water partition coefficient (Wildman–Crippen LogP) is 2.50. The van der Waals surface area contributed by atoms with Gasteiger partial charge in [0, 0.05) is 49.4 Å². The Morgan fingerprint density at radius 3 is 3.00 bits per heavy atom. The van der Waals surface area contributed by atoms with Gasteiger partial charge < -0.3 is 19.9 Å². The molecule has 1 atom stereocenters. The minimum Gasteiger partial charge on any atom is -0.361 e. The smallest absolute Gasteiger partial charge is 0.251 e. The maximum atomic E-state index is 12.7. The van der Waals surface area contributed by atoms with Crippen LogP contribution in [0.25, 0.3) is 10.9 Å². The monoisotopic (exact) mass is 392 g/mol. The zero-order valence-electron chi connectivity index (χ0n) is 16.8. The number of aromatic nitrogens is 1. The van der Waals surface area contributed by atoms with Crippen LogP contribution >= 0.6 is 0 Å². The number of amides is 2. The van der Waals surface area contributed by atoms with Crippen molar-refractivity contribution in [2.45, 2.75) is 32.4 Å². The molecule has 0 aliphatic carbocycles. The van der Waals surface area contributed by atoms with Gasteiger partial charge >= 0.3 is 0 Å². The molecule has 3 heterocycles. The Labute approximate surface area is 169 Å². The second kappa shape index (κ2) is 7.33. The van der Waals surface area contributed by atoms with Crippen molar-refractivity contribution < 1.29 is 14.3 Å². The van der Waals surface area contributed by atoms with Crippen molar-refractivity contribution in [3.05, 3.63) is 59.4 Å². The van der Waals surface area contributed by atoms with Gasteiger partial charge in [-0.15, -0.1) is 0 Å². The first-order valence-electron chi connectivity index (χ1n) is 9.56. The van der Waals surface area contributed by atoms with E-state index in [0.29, 0.717) is 18.8 Å². The highest BCUT2D eigenvalue weighted by Gasteiger charge is 2.40. The van der Waals surface area contributed by atoms with Crippen molar-refractivity contribution in [3.8, 4) is 0 Å². The molecule has 7 nitrogen and oxygen atoms in total. The molecule has 7 heteroatoms. The molecule has 1 saturated heterocycles. The summed E-state index contributed by atoms with van der Waals surface area (Å²) in [5.74, 6) is 0.0451. The Bertz CT molecular complexity index is 1080. The highest BCUT2D eigenvalue weighted by Crippen LogP contribution is 2.27. The SMILES string of the molecule is Cc1cc2[nH]cc(C)c2cc1CN(C)C(=O)/C=C/C12CC=CN=C1NC(=O)CO2. The molecule has 2 N–H and O–H groups in total. The Morgan fingerprint density at radius 2 is 2.17 bits per heavy atom. The van der Waals surface area contributed by atoms with Gasteiger partial charge in [0.05, 0.1) is 0 Å². The number of nitrogens with one attached hydrogen (secondary N) is 2. The Kier molecular flexibility index (Phi) is 4.84. The number of nitrogens with zero attached hydrogens (tertiary/aromatic N) is 2. The van der Waals surface area contributed by atoms with Crippen molar-refractivity contribution in [2.24, 2.45) is 4.99 Å². The van der Waals surface area contributed by atoms with Gasteiger partial charge in [-0.2, -0.15) is 0 Å². The molecule has 1 aromatic heterocycles. The van der Waals surface area contributed by atoms with E-state index in [0.717, 1.165) is 16.6 Å². The third kappa shape index (κ3) is 3.61. The number of hydrogen-bond acceptors (Lipinski definition) is 4. The van der Waals surface area contributed by atoms with Gasteiger partial charge in [-0.1, -0.05) is 6.08 Å². The van der Waals surface area contributed by atoms with E-state index >= 15 is 0 Å². The number of aliphatic imine (C=N–C) groups is 1. The number of fused-ring (bicyclic) bond motifs is 2. The molecule has 150 valence electrons. The van der Waals surface area contributed by atoms with Gasteiger partial charge in [-0.25, -0.2) is 4.99 Å². The van der Waals surface area contributed by atoms with Gasteiger partial charge in [-0.05, 0) is 48.7 Å². The maximum absolute atomic E-state index is 12.7. The van der Waals surface area contributed by atoms with Crippen LogP contribution in [0.2, 0.25) is 0 Å². The molecule has 4 rings (SSSR count). The molecule has 2 amide bonds. The number of morpholine rings is 1. The van der Waals surface area contributed by atoms with E-state index in [1.54, 1.807) is 24.2 Å². The highest BCUT2D eigenvalue weighted by atomic mass is 16.5. The number of carbonyl (C=O) groups excluding carboxylic acids is 2. The summed E-state index contributed by atoms with van der Waals surface area (Å²) < 4.78 is 5.75. The molecular weight excluding hydrogens is 368 g/mol. The molecule has 0 bridgehead atoms. The molecule has 29 heavy (non-hydrogen) atoms. The van der Waals surface area contributed by atoms with Crippen molar-refractivity contribution >= 4 is 28.6 Å². The summed E-state index contributed by atoms with van der Waals surface area (Å²) in [7, 11) is 1.78. The molecule has 0 saturated carbocycles. The van der Waals surface area contributed by atoms with Crippen LogP contribution in [0.4, 0.5) is 0 Å². The Balaban J connectivity index is 1.50. The largest absolute Gasteiger partial charge is 0.361 e. The van der Waals surface area contributed by atoms with Crippen molar-refractivity contribution in [1.82, 2.24) is 15.2 Å². The van der Waals surface area contributed by atoms with Crippen LogP contribution < -0.4 is 5.32 Å². The van der Waals surface area contributed by atoms with Crippen molar-refractivity contribution in [1.29, 1.82) is 0 Å². The number of rotatable bonds is 4. The molecule has 0 spiro atoms. The zero-order valence-corrected chi connectivity index (χ0v) is 16.8. The van der Waals surface area contributed by atoms with Crippen molar-refractivity contribution in [3.63, 3.8) is 0 Å². The first-order valence-corrected chi connectivity index (χ1v) is 9.56. The normalized spacial score (nSPS) is 21.2. The number of amidine groups is 1. The van der Waals surface area contributed by atoms with E-state index in [9.17, 15) is 9.59 Å². The summed E-state index contributed by atoms with van der Waals surface area (Å²) in [6, 6.07) is 4.25. The van der Waals surface area contributed by atoms with Gasteiger partial charge in [-0.3, -0.25) is 9.59 Å². The van der Waals surface area contributed by atoms with Crippen LogP contribution in [0.15, 0.2) is 47.7 Å². The quantitative estimate of drug-likeness (QED) is 0.784. The minimum atomic E-state index is -0.893. The molecule has 1 aromatic carbocycles. The molecule has 0 radical (unpaired) electrons. The lowest BCUT2D eigenvalue weighted by Crippen LogP contribution is -2.56. The Morgan fingerprint density at radius 1 is 1.34 bits per heavy atom. The average molecular weight is 392 g/mol. The number of hydrogen-bond donors (Lipinski definition) is 2. The van der Waals surface area contributed by atoms with Crippen LogP contribution in [-0.2, 0) is 20.9 Å². The summed E-state index contributed by atoms with van der Waals surface area (Å²) in [5.41, 5.74) is 3.63. The molecule has 2 aliphatic rings. The third-order valence-electron chi connectivity index (χ3n) is 5.47. The zero-order chi connectivity index (χ0) is 20.6. The lowest BCUT2D eigenvalue weighted by atomic mass is 9.93. The number of H-pyrrole nitrogens is 1. The van der Waals surface area contributed by atoms with Crippen LogP contribution in [0.5, 0.6) is 0 Å². The number of ether oxygens (including phenoxy) is 1. The predicted molar refractivity (Wildman–Crippen MR) is 111 cm³/mol. The molecule has 1 fully saturated rings. The first kappa shape index (κ1) is 19.1. The van der Waals surface area contributed by atoms with Crippen molar-refractivity contribution in [2.75, 3.05) is 13.7 Å². The molecule has 2 aliphatic heterocycles. The van der Waals surface area contributed by atoms with Crippen LogP contribution in [-0.4, -0.2) is 46.8 Å². The van der Waals surface area contributed by atoms with E-state index in [-0.39, 0.29) is 18.4 Å². The van der Waals surface area contributed by atoms with E-state index < -0.39 is 5.60 Å². The van der Waals surface area contributed by atoms with Gasteiger partial charge in [0.15, 0.2) is 0 Å². The summed E-state index contributed by atoms with van der Waals surface area (Å²) in [6.45, 7) is 4.56. The fraction of sp³-hybridized carbons (Fsp3) is 0.318. The molecule has 2 aromatic rings. The number of aryl methyl sites for hydroxylation is 2. The van der Waals surface area contributed by atoms with Gasteiger partial charge in [0.25, 0.3) is 5.91 Å². The van der Waals surface area contributed by atoms with Crippen LogP contribution in [0, 0.1) is 13.8 Å². The lowest BCUT2D eigenvalue weighted by molar-refractivity contribution is -0.130. The second-order valence-electron chi connectivity index (χ2n) is 7.62. The number of likely N-dealkylation sites (N-methyl/N-ethyl adjacent to an activating group) is 1. The summed E-state index contributed by atoms with van der Waals surface area (Å²) >= 11 is 0. The lowest BCUT2D eigenvalue weighted by Gasteiger charge is -2.36. The fourth-order valence-electron chi connectivity index (χ4n) is 3.68. The average Bonchev–Trinajstić information content (AvgIpc) is 3.06. The van der Waals surface area contributed by atoms with E-state index in [2.05, 4.69) is 34.3 Å². The second-order valence-corrected chi connectivity index (χ2v) is 7.62. The van der Waals surface area contributed by atoms with Gasteiger partial charge in [0.2, 0.25) is 5.91 Å².